The fourth-order valence-electron chi connectivity index (χ4n) is 2.45. The molecule has 0 saturated carbocycles. The summed E-state index contributed by atoms with van der Waals surface area (Å²) in [4.78, 5) is 10.8. The van der Waals surface area contributed by atoms with Crippen LogP contribution < -0.4 is 4.74 Å². The summed E-state index contributed by atoms with van der Waals surface area (Å²) < 4.78 is 37.2. The molecule has 0 radical (unpaired) electrons. The average Bonchev–Trinajstić information content (AvgIpc) is 2.96. The van der Waals surface area contributed by atoms with Gasteiger partial charge < -0.3 is 14.6 Å². The minimum absolute atomic E-state index is 0.00879. The second-order valence-electron chi connectivity index (χ2n) is 5.07. The van der Waals surface area contributed by atoms with Gasteiger partial charge in [-0.15, -0.1) is 0 Å². The first kappa shape index (κ1) is 16.7. The fourth-order valence-corrected chi connectivity index (χ4v) is 4.15. The van der Waals surface area contributed by atoms with Gasteiger partial charge in [-0.3, -0.25) is 4.79 Å². The zero-order valence-electron chi connectivity index (χ0n) is 12.5. The Morgan fingerprint density at radius 3 is 2.68 bits per heavy atom. The summed E-state index contributed by atoms with van der Waals surface area (Å²) in [5.74, 6) is -0.816. The number of methoxy groups -OCH3 is 2. The number of carboxylic acid groups (broad SMARTS) is 1. The van der Waals surface area contributed by atoms with Crippen molar-refractivity contribution < 1.29 is 27.8 Å². The highest BCUT2D eigenvalue weighted by atomic mass is 32.2. The van der Waals surface area contributed by atoms with E-state index < -0.39 is 16.0 Å². The summed E-state index contributed by atoms with van der Waals surface area (Å²) in [6.45, 7) is 0.651. The maximum atomic E-state index is 12.8. The lowest BCUT2D eigenvalue weighted by atomic mass is 10.1. The smallest absolute Gasteiger partial charge is 0.307 e. The predicted molar refractivity (Wildman–Crippen MR) is 78.5 cm³/mol. The molecule has 22 heavy (non-hydrogen) atoms. The molecule has 0 spiro atoms. The van der Waals surface area contributed by atoms with Crippen molar-refractivity contribution in [2.45, 2.75) is 23.8 Å². The molecular weight excluding hydrogens is 310 g/mol. The van der Waals surface area contributed by atoms with Crippen LogP contribution in [0.1, 0.15) is 12.0 Å². The molecule has 1 atom stereocenters. The molecule has 1 fully saturated rings. The molecule has 1 unspecified atom stereocenters. The molecule has 7 nitrogen and oxygen atoms in total. The van der Waals surface area contributed by atoms with E-state index in [0.29, 0.717) is 18.5 Å². The largest absolute Gasteiger partial charge is 0.495 e. The third-order valence-corrected chi connectivity index (χ3v) is 5.53. The Balaban J connectivity index is 2.38. The van der Waals surface area contributed by atoms with Crippen LogP contribution in [0.3, 0.4) is 0 Å². The molecule has 0 aliphatic carbocycles. The first-order chi connectivity index (χ1) is 10.4. The fraction of sp³-hybridized carbons (Fsp3) is 0.500. The highest BCUT2D eigenvalue weighted by Crippen LogP contribution is 2.30. The summed E-state index contributed by atoms with van der Waals surface area (Å²) in [7, 11) is -0.815. The number of carboxylic acids is 1. The van der Waals surface area contributed by atoms with Crippen LogP contribution in [0.15, 0.2) is 23.1 Å². The van der Waals surface area contributed by atoms with Gasteiger partial charge in [0.15, 0.2) is 0 Å². The monoisotopic (exact) mass is 329 g/mol. The number of sulfonamides is 1. The summed E-state index contributed by atoms with van der Waals surface area (Å²) in [6.07, 6.45) is 0.267. The third kappa shape index (κ3) is 3.40. The predicted octanol–water partition coefficient (Wildman–Crippen LogP) is 0.732. The van der Waals surface area contributed by atoms with Gasteiger partial charge in [-0.1, -0.05) is 6.07 Å². The van der Waals surface area contributed by atoms with Crippen molar-refractivity contribution in [1.82, 2.24) is 4.31 Å². The standard InChI is InChI=1S/C14H19NO6S/c1-20-11-5-6-15(9-11)22(18,19)13-7-10(8-14(16)17)3-4-12(13)21-2/h3-4,7,11H,5-6,8-9H2,1-2H3,(H,16,17). The molecule has 1 aliphatic heterocycles. The number of nitrogens with zero attached hydrogens (tertiary/aromatic N) is 1. The minimum Gasteiger partial charge on any atom is -0.495 e. The van der Waals surface area contributed by atoms with Gasteiger partial charge in [0.2, 0.25) is 10.0 Å². The van der Waals surface area contributed by atoms with Crippen LogP contribution in [0.25, 0.3) is 0 Å². The zero-order valence-corrected chi connectivity index (χ0v) is 13.3. The molecule has 0 bridgehead atoms. The molecule has 122 valence electrons. The van der Waals surface area contributed by atoms with E-state index in [1.54, 1.807) is 13.2 Å². The zero-order chi connectivity index (χ0) is 16.3. The molecule has 1 aliphatic rings. The van der Waals surface area contributed by atoms with Gasteiger partial charge in [0.1, 0.15) is 10.6 Å². The first-order valence-corrected chi connectivity index (χ1v) is 8.24. The SMILES string of the molecule is COc1ccc(CC(=O)O)cc1S(=O)(=O)N1CCC(OC)C1. The van der Waals surface area contributed by atoms with Gasteiger partial charge in [-0.05, 0) is 24.1 Å². The number of aliphatic carboxylic acids is 1. The first-order valence-electron chi connectivity index (χ1n) is 6.80. The second-order valence-corrected chi connectivity index (χ2v) is 6.97. The van der Waals surface area contributed by atoms with E-state index in [-0.39, 0.29) is 29.7 Å². The number of rotatable bonds is 6. The number of hydrogen-bond donors (Lipinski definition) is 1. The van der Waals surface area contributed by atoms with Crippen molar-refractivity contribution in [3.05, 3.63) is 23.8 Å². The number of benzene rings is 1. The van der Waals surface area contributed by atoms with Gasteiger partial charge in [0, 0.05) is 20.2 Å². The Bertz CT molecular complexity index is 657. The molecule has 8 heteroatoms. The molecule has 2 rings (SSSR count). The van der Waals surface area contributed by atoms with Crippen molar-refractivity contribution in [3.8, 4) is 5.75 Å². The number of ether oxygens (including phenoxy) is 2. The van der Waals surface area contributed by atoms with Crippen molar-refractivity contribution in [2.75, 3.05) is 27.3 Å². The molecule has 0 amide bonds. The quantitative estimate of drug-likeness (QED) is 0.827. The van der Waals surface area contributed by atoms with E-state index in [1.165, 1.54) is 23.5 Å². The molecule has 1 aromatic rings. The summed E-state index contributed by atoms with van der Waals surface area (Å²) in [6, 6.07) is 4.39. The van der Waals surface area contributed by atoms with E-state index in [9.17, 15) is 13.2 Å². The normalized spacial score (nSPS) is 19.3. The molecule has 1 N–H and O–H groups in total. The van der Waals surface area contributed by atoms with Crippen LogP contribution in [0, 0.1) is 0 Å². The van der Waals surface area contributed by atoms with Crippen LogP contribution in [-0.4, -0.2) is 57.2 Å². The van der Waals surface area contributed by atoms with Gasteiger partial charge in [-0.2, -0.15) is 4.31 Å². The van der Waals surface area contributed by atoms with Crippen LogP contribution in [0.4, 0.5) is 0 Å². The summed E-state index contributed by atoms with van der Waals surface area (Å²) >= 11 is 0. The van der Waals surface area contributed by atoms with Crippen molar-refractivity contribution in [3.63, 3.8) is 0 Å². The lowest BCUT2D eigenvalue weighted by Gasteiger charge is -2.18. The van der Waals surface area contributed by atoms with E-state index >= 15 is 0 Å². The maximum absolute atomic E-state index is 12.8. The third-order valence-electron chi connectivity index (χ3n) is 3.64. The molecule has 1 aromatic carbocycles. The average molecular weight is 329 g/mol. The lowest BCUT2D eigenvalue weighted by molar-refractivity contribution is -0.136. The van der Waals surface area contributed by atoms with E-state index in [2.05, 4.69) is 0 Å². The molecule has 1 saturated heterocycles. The summed E-state index contributed by atoms with van der Waals surface area (Å²) in [5, 5.41) is 8.86. The van der Waals surface area contributed by atoms with E-state index in [4.69, 9.17) is 14.6 Å². The van der Waals surface area contributed by atoms with Crippen LogP contribution in [-0.2, 0) is 26.0 Å². The maximum Gasteiger partial charge on any atom is 0.307 e. The highest BCUT2D eigenvalue weighted by Gasteiger charge is 2.34. The van der Waals surface area contributed by atoms with Gasteiger partial charge in [0.05, 0.1) is 19.6 Å². The molecule has 1 heterocycles. The van der Waals surface area contributed by atoms with Gasteiger partial charge in [-0.25, -0.2) is 8.42 Å². The number of carbonyl (C=O) groups is 1. The highest BCUT2D eigenvalue weighted by molar-refractivity contribution is 7.89. The Morgan fingerprint density at radius 2 is 2.14 bits per heavy atom. The molecule has 0 aromatic heterocycles. The Labute approximate surface area is 129 Å². The van der Waals surface area contributed by atoms with Crippen molar-refractivity contribution >= 4 is 16.0 Å². The minimum atomic E-state index is -3.75. The van der Waals surface area contributed by atoms with Crippen molar-refractivity contribution in [2.24, 2.45) is 0 Å². The number of hydrogen-bond acceptors (Lipinski definition) is 5. The second kappa shape index (κ2) is 6.64. The molecular formula is C14H19NO6S. The van der Waals surface area contributed by atoms with Crippen molar-refractivity contribution in [1.29, 1.82) is 0 Å². The Kier molecular flexibility index (Phi) is 5.05. The summed E-state index contributed by atoms with van der Waals surface area (Å²) in [5.41, 5.74) is 0.411. The van der Waals surface area contributed by atoms with Gasteiger partial charge in [0.25, 0.3) is 0 Å². The Hall–Kier alpha value is -1.64. The van der Waals surface area contributed by atoms with E-state index in [0.717, 1.165) is 0 Å². The topological polar surface area (TPSA) is 93.1 Å². The van der Waals surface area contributed by atoms with Crippen LogP contribution >= 0.6 is 0 Å². The van der Waals surface area contributed by atoms with Crippen LogP contribution in [0.5, 0.6) is 5.75 Å². The van der Waals surface area contributed by atoms with Gasteiger partial charge >= 0.3 is 5.97 Å². The Morgan fingerprint density at radius 1 is 1.41 bits per heavy atom. The van der Waals surface area contributed by atoms with E-state index in [1.807, 2.05) is 0 Å². The lowest BCUT2D eigenvalue weighted by Crippen LogP contribution is -2.30. The van der Waals surface area contributed by atoms with Crippen LogP contribution in [0.2, 0.25) is 0 Å².